The fourth-order valence-corrected chi connectivity index (χ4v) is 0.994. The highest BCUT2D eigenvalue weighted by Gasteiger charge is 2.12. The second-order valence-corrected chi connectivity index (χ2v) is 3.08. The van der Waals surface area contributed by atoms with Gasteiger partial charge >= 0.3 is 5.97 Å². The molecule has 0 heterocycles. The molecule has 0 N–H and O–H groups in total. The van der Waals surface area contributed by atoms with Gasteiger partial charge in [-0.1, -0.05) is 35.9 Å². The fourth-order valence-electron chi connectivity index (χ4n) is 0.371. The molecule has 0 rings (SSSR count). The van der Waals surface area contributed by atoms with E-state index in [-0.39, 0.29) is 3.92 Å². The number of carbonyl (C=O) groups excluding carboxylic acids is 1. The molecule has 0 aliphatic carbocycles. The molecule has 0 bridgehead atoms. The summed E-state index contributed by atoms with van der Waals surface area (Å²) in [7, 11) is 0. The van der Waals surface area contributed by atoms with Crippen molar-refractivity contribution in [3.8, 4) is 0 Å². The van der Waals surface area contributed by atoms with Gasteiger partial charge in [0.05, 0.1) is 0 Å². The lowest BCUT2D eigenvalue weighted by atomic mass is 10.3. The number of halogens is 1. The lowest BCUT2D eigenvalue weighted by Crippen LogP contribution is -2.09. The van der Waals surface area contributed by atoms with Crippen LogP contribution in [-0.4, -0.2) is 9.89 Å². The lowest BCUT2D eigenvalue weighted by Gasteiger charge is -1.95. The van der Waals surface area contributed by atoms with Gasteiger partial charge in [0, 0.05) is 0 Å². The smallest absolute Gasteiger partial charge is 0.246 e. The average Bonchev–Trinajstić information content (AvgIpc) is 1.67. The Morgan fingerprint density at radius 3 is 2.38 bits per heavy atom. The molecule has 0 aliphatic rings. The van der Waals surface area contributed by atoms with Crippen LogP contribution >= 0.6 is 22.6 Å². The van der Waals surface area contributed by atoms with Gasteiger partial charge in [-0.3, -0.25) is 0 Å². The van der Waals surface area contributed by atoms with Crippen molar-refractivity contribution in [2.24, 2.45) is 0 Å². The monoisotopic (exact) mass is 227 g/mol. The Kier molecular flexibility index (Phi) is 4.22. The number of rotatable bonds is 3. The molecule has 3 heteroatoms. The third-order valence-corrected chi connectivity index (χ3v) is 1.93. The van der Waals surface area contributed by atoms with Crippen LogP contribution in [0.2, 0.25) is 0 Å². The van der Waals surface area contributed by atoms with E-state index in [4.69, 9.17) is 0 Å². The molecule has 0 fully saturated rings. The van der Waals surface area contributed by atoms with E-state index in [1.54, 1.807) is 0 Å². The molecule has 0 saturated heterocycles. The second-order valence-electron chi connectivity index (χ2n) is 1.58. The van der Waals surface area contributed by atoms with Gasteiger partial charge in [-0.25, -0.2) is 9.90 Å². The number of carbonyl (C=O) groups is 1. The summed E-state index contributed by atoms with van der Waals surface area (Å²) in [6.07, 6.45) is 1.62. The van der Waals surface area contributed by atoms with E-state index < -0.39 is 5.97 Å². The second kappa shape index (κ2) is 4.12. The Morgan fingerprint density at radius 2 is 2.25 bits per heavy atom. The van der Waals surface area contributed by atoms with Crippen LogP contribution in [0.25, 0.3) is 0 Å². The fraction of sp³-hybridized carbons (Fsp3) is 0.800. The Morgan fingerprint density at radius 1 is 1.75 bits per heavy atom. The first-order chi connectivity index (χ1) is 3.68. The van der Waals surface area contributed by atoms with Crippen LogP contribution in [0.5, 0.6) is 0 Å². The van der Waals surface area contributed by atoms with Crippen molar-refractivity contribution in [1.82, 2.24) is 0 Å². The largest absolute Gasteiger partial charge is 0.368 e. The van der Waals surface area contributed by atoms with Crippen molar-refractivity contribution < 1.29 is 9.90 Å². The van der Waals surface area contributed by atoms with E-state index in [9.17, 15) is 9.90 Å². The Bertz CT molecular complexity index is 82.5. The van der Waals surface area contributed by atoms with Gasteiger partial charge in [-0.2, -0.15) is 0 Å². The van der Waals surface area contributed by atoms with E-state index in [0.29, 0.717) is 6.42 Å². The molecule has 1 radical (unpaired) electrons. The summed E-state index contributed by atoms with van der Waals surface area (Å²) < 4.78 is -0.308. The zero-order valence-corrected chi connectivity index (χ0v) is 6.84. The van der Waals surface area contributed by atoms with E-state index in [1.165, 1.54) is 0 Å². The molecule has 0 amide bonds. The molecule has 47 valence electrons. The van der Waals surface area contributed by atoms with Crippen molar-refractivity contribution >= 4 is 28.6 Å². The maximum absolute atomic E-state index is 9.97. The molecule has 8 heavy (non-hydrogen) atoms. The topological polar surface area (TPSA) is 37.0 Å². The zero-order chi connectivity index (χ0) is 6.57. The number of alkyl halides is 1. The van der Waals surface area contributed by atoms with Gasteiger partial charge in [0.15, 0.2) is 0 Å². The van der Waals surface area contributed by atoms with E-state index in [1.807, 2.05) is 29.5 Å². The first-order valence-corrected chi connectivity index (χ1v) is 3.78. The molecule has 0 aromatic heterocycles. The van der Waals surface area contributed by atoms with E-state index >= 15 is 0 Å². The Labute approximate surface area is 62.4 Å². The van der Waals surface area contributed by atoms with Gasteiger partial charge in [-0.05, 0) is 6.42 Å². The summed E-state index contributed by atoms with van der Waals surface area (Å²) in [5.41, 5.74) is 0. The van der Waals surface area contributed by atoms with Crippen LogP contribution < -0.4 is 0 Å². The zero-order valence-electron chi connectivity index (χ0n) is 4.69. The number of hydrogen-bond donors (Lipinski definition) is 0. The normalized spacial score (nSPS) is 13.2. The maximum Gasteiger partial charge on any atom is 0.368 e. The molecule has 0 saturated carbocycles. The van der Waals surface area contributed by atoms with Crippen molar-refractivity contribution in [2.45, 2.75) is 23.7 Å². The van der Waals surface area contributed by atoms with Gasteiger partial charge in [0.2, 0.25) is 0 Å². The molecule has 0 aromatic carbocycles. The van der Waals surface area contributed by atoms with Crippen LogP contribution in [0, 0.1) is 0 Å². The summed E-state index contributed by atoms with van der Waals surface area (Å²) in [5, 5.41) is 9.97. The van der Waals surface area contributed by atoms with Gasteiger partial charge in [0.25, 0.3) is 0 Å². The minimum absolute atomic E-state index is 0.308. The first kappa shape index (κ1) is 8.20. The summed E-state index contributed by atoms with van der Waals surface area (Å²) in [4.78, 5) is 9.97. The first-order valence-electron chi connectivity index (χ1n) is 2.53. The predicted octanol–water partition coefficient (Wildman–Crippen LogP) is 1.55. The summed E-state index contributed by atoms with van der Waals surface area (Å²) in [6, 6.07) is 0. The van der Waals surface area contributed by atoms with E-state index in [0.717, 1.165) is 6.42 Å². The van der Waals surface area contributed by atoms with Crippen LogP contribution in [0.1, 0.15) is 19.8 Å². The molecule has 2 nitrogen and oxygen atoms in total. The molecular formula is C5H8IO2. The van der Waals surface area contributed by atoms with Gasteiger partial charge in [-0.15, -0.1) is 0 Å². The Hall–Kier alpha value is 0.200. The Balaban J connectivity index is 3.32. The summed E-state index contributed by atoms with van der Waals surface area (Å²) in [6.45, 7) is 1.95. The highest BCUT2D eigenvalue weighted by molar-refractivity contribution is 14.1. The van der Waals surface area contributed by atoms with E-state index in [2.05, 4.69) is 0 Å². The number of hydrogen-bond acceptors (Lipinski definition) is 1. The molecule has 0 aliphatic heterocycles. The minimum Gasteiger partial charge on any atom is -0.246 e. The SMILES string of the molecule is CCCC(I)C([O])=O. The van der Waals surface area contributed by atoms with Crippen molar-refractivity contribution in [1.29, 1.82) is 0 Å². The van der Waals surface area contributed by atoms with Crippen molar-refractivity contribution in [3.63, 3.8) is 0 Å². The van der Waals surface area contributed by atoms with Crippen LogP contribution in [0.4, 0.5) is 0 Å². The quantitative estimate of drug-likeness (QED) is 0.532. The molecule has 0 spiro atoms. The van der Waals surface area contributed by atoms with Crippen LogP contribution in [0.3, 0.4) is 0 Å². The molecule has 1 unspecified atom stereocenters. The molecule has 0 aromatic rings. The standard InChI is InChI=1S/C5H8IO2/c1-2-3-4(6)5(7)8/h4H,2-3H2,1H3. The van der Waals surface area contributed by atoms with Crippen LogP contribution in [-0.2, 0) is 9.90 Å². The third kappa shape index (κ3) is 3.23. The van der Waals surface area contributed by atoms with Crippen LogP contribution in [0.15, 0.2) is 0 Å². The molecular weight excluding hydrogens is 219 g/mol. The van der Waals surface area contributed by atoms with Gasteiger partial charge < -0.3 is 0 Å². The van der Waals surface area contributed by atoms with Crippen molar-refractivity contribution in [3.05, 3.63) is 0 Å². The third-order valence-electron chi connectivity index (χ3n) is 0.798. The molecule has 1 atom stereocenters. The summed E-state index contributed by atoms with van der Waals surface area (Å²) in [5.74, 6) is -0.951. The van der Waals surface area contributed by atoms with Crippen molar-refractivity contribution in [2.75, 3.05) is 0 Å². The minimum atomic E-state index is -0.951. The average molecular weight is 227 g/mol. The predicted molar refractivity (Wildman–Crippen MR) is 38.4 cm³/mol. The van der Waals surface area contributed by atoms with Gasteiger partial charge in [0.1, 0.15) is 3.92 Å². The maximum atomic E-state index is 9.97. The highest BCUT2D eigenvalue weighted by Crippen LogP contribution is 2.07. The lowest BCUT2D eigenvalue weighted by molar-refractivity contribution is -0.142. The highest BCUT2D eigenvalue weighted by atomic mass is 127. The summed E-state index contributed by atoms with van der Waals surface area (Å²) >= 11 is 1.87.